The van der Waals surface area contributed by atoms with E-state index in [1.165, 1.54) is 18.2 Å². The Morgan fingerprint density at radius 1 is 1.38 bits per heavy atom. The molecule has 0 atom stereocenters. The zero-order valence-corrected chi connectivity index (χ0v) is 7.10. The van der Waals surface area contributed by atoms with E-state index in [0.29, 0.717) is 5.39 Å². The second-order valence-corrected chi connectivity index (χ2v) is 2.58. The van der Waals surface area contributed by atoms with Crippen molar-refractivity contribution in [3.63, 3.8) is 0 Å². The molecule has 0 spiro atoms. The average molecular weight is 176 g/mol. The van der Waals surface area contributed by atoms with Crippen molar-refractivity contribution in [1.29, 1.82) is 0 Å². The minimum absolute atomic E-state index is 0.232. The van der Waals surface area contributed by atoms with Crippen molar-refractivity contribution in [2.45, 2.75) is 0 Å². The van der Waals surface area contributed by atoms with Crippen LogP contribution in [0.2, 0.25) is 0 Å². The smallest absolute Gasteiger partial charge is 0.280 e. The highest BCUT2D eigenvalue weighted by atomic mass is 16.6. The molecule has 0 unspecified atom stereocenters. The molecule has 2 aromatic rings. The Bertz CT molecular complexity index is 490. The quantitative estimate of drug-likeness (QED) is 0.633. The molecule has 4 nitrogen and oxygen atoms in total. The van der Waals surface area contributed by atoms with Gasteiger partial charge < -0.3 is 4.84 Å². The summed E-state index contributed by atoms with van der Waals surface area (Å²) in [4.78, 5) is 19.9. The van der Waals surface area contributed by atoms with Crippen LogP contribution in [0.5, 0.6) is 0 Å². The maximum atomic E-state index is 11.3. The number of hydrogen-bond donors (Lipinski definition) is 0. The number of fused-ring (bicyclic) bond motifs is 1. The van der Waals surface area contributed by atoms with Crippen LogP contribution in [0.25, 0.3) is 10.9 Å². The molecule has 66 valence electrons. The molecule has 0 bridgehead atoms. The van der Waals surface area contributed by atoms with Gasteiger partial charge in [0.05, 0.1) is 10.9 Å². The second kappa shape index (κ2) is 2.90. The van der Waals surface area contributed by atoms with E-state index in [2.05, 4.69) is 4.98 Å². The third kappa shape index (κ3) is 1.16. The molecule has 0 N–H and O–H groups in total. The number of aromatic nitrogens is 2. The van der Waals surface area contributed by atoms with E-state index in [1.54, 1.807) is 12.1 Å². The Kier molecular flexibility index (Phi) is 1.73. The molecular weight excluding hydrogens is 168 g/mol. The van der Waals surface area contributed by atoms with Gasteiger partial charge in [-0.2, -0.15) is 9.71 Å². The molecule has 0 aliphatic rings. The molecule has 0 aliphatic heterocycles. The van der Waals surface area contributed by atoms with Crippen LogP contribution in [-0.4, -0.2) is 16.8 Å². The summed E-state index contributed by atoms with van der Waals surface area (Å²) in [7, 11) is 1.53. The van der Waals surface area contributed by atoms with Gasteiger partial charge in [-0.05, 0) is 12.1 Å². The summed E-state index contributed by atoms with van der Waals surface area (Å²) in [6.07, 6.45) is 1.37. The highest BCUT2D eigenvalue weighted by Gasteiger charge is 2.01. The van der Waals surface area contributed by atoms with Gasteiger partial charge >= 0.3 is 0 Å². The normalized spacial score (nSPS) is 10.2. The first-order valence-corrected chi connectivity index (χ1v) is 3.84. The van der Waals surface area contributed by atoms with Gasteiger partial charge in [0.15, 0.2) is 0 Å². The van der Waals surface area contributed by atoms with Gasteiger partial charge in [-0.1, -0.05) is 12.1 Å². The van der Waals surface area contributed by atoms with Crippen molar-refractivity contribution in [1.82, 2.24) is 9.71 Å². The van der Waals surface area contributed by atoms with Crippen molar-refractivity contribution in [2.24, 2.45) is 0 Å². The maximum absolute atomic E-state index is 11.3. The van der Waals surface area contributed by atoms with Crippen LogP contribution in [0.15, 0.2) is 35.4 Å². The molecule has 1 aromatic heterocycles. The van der Waals surface area contributed by atoms with Crippen LogP contribution in [0, 0.1) is 0 Å². The SMILES string of the molecule is COn1cnc(=O)c2ccccc21. The van der Waals surface area contributed by atoms with Gasteiger partial charge in [0.2, 0.25) is 0 Å². The molecule has 0 saturated heterocycles. The lowest BCUT2D eigenvalue weighted by atomic mass is 10.2. The molecule has 1 heterocycles. The van der Waals surface area contributed by atoms with Crippen LogP contribution < -0.4 is 10.4 Å². The zero-order valence-electron chi connectivity index (χ0n) is 7.10. The summed E-state index contributed by atoms with van der Waals surface area (Å²) in [6.45, 7) is 0. The third-order valence-corrected chi connectivity index (χ3v) is 1.85. The molecule has 0 fully saturated rings. The van der Waals surface area contributed by atoms with Crippen molar-refractivity contribution in [2.75, 3.05) is 7.11 Å². The van der Waals surface area contributed by atoms with Crippen molar-refractivity contribution < 1.29 is 4.84 Å². The summed E-state index contributed by atoms with van der Waals surface area (Å²) in [5, 5.41) is 0.562. The largest absolute Gasteiger partial charge is 0.416 e. The van der Waals surface area contributed by atoms with Crippen molar-refractivity contribution in [3.8, 4) is 0 Å². The molecular formula is C9H8N2O2. The third-order valence-electron chi connectivity index (χ3n) is 1.85. The van der Waals surface area contributed by atoms with Crippen molar-refractivity contribution >= 4 is 10.9 Å². The molecule has 0 aliphatic carbocycles. The zero-order chi connectivity index (χ0) is 9.26. The molecule has 0 amide bonds. The van der Waals surface area contributed by atoms with Gasteiger partial charge in [-0.15, -0.1) is 0 Å². The fourth-order valence-electron chi connectivity index (χ4n) is 1.23. The summed E-state index contributed by atoms with van der Waals surface area (Å²) < 4.78 is 1.46. The van der Waals surface area contributed by atoms with Crippen LogP contribution in [-0.2, 0) is 0 Å². The molecule has 4 heteroatoms. The van der Waals surface area contributed by atoms with Crippen LogP contribution >= 0.6 is 0 Å². The predicted octanol–water partition coefficient (Wildman–Crippen LogP) is 0.455. The Morgan fingerprint density at radius 3 is 2.92 bits per heavy atom. The molecule has 1 aromatic carbocycles. The minimum atomic E-state index is -0.232. The number of hydrogen-bond acceptors (Lipinski definition) is 3. The van der Waals surface area contributed by atoms with E-state index < -0.39 is 0 Å². The lowest BCUT2D eigenvalue weighted by molar-refractivity contribution is 0.174. The molecule has 0 radical (unpaired) electrons. The molecule has 13 heavy (non-hydrogen) atoms. The highest BCUT2D eigenvalue weighted by Crippen LogP contribution is 2.05. The summed E-state index contributed by atoms with van der Waals surface area (Å²) in [5.41, 5.74) is 0.494. The van der Waals surface area contributed by atoms with Crippen LogP contribution in [0.4, 0.5) is 0 Å². The molecule has 0 saturated carbocycles. The topological polar surface area (TPSA) is 44.1 Å². The van der Waals surface area contributed by atoms with E-state index in [1.807, 2.05) is 12.1 Å². The number of benzene rings is 1. The van der Waals surface area contributed by atoms with Gasteiger partial charge in [0.25, 0.3) is 5.56 Å². The molecule has 2 rings (SSSR count). The Balaban J connectivity index is 2.93. The maximum Gasteiger partial charge on any atom is 0.280 e. The summed E-state index contributed by atoms with van der Waals surface area (Å²) in [5.74, 6) is 0. The van der Waals surface area contributed by atoms with Crippen LogP contribution in [0.1, 0.15) is 0 Å². The summed E-state index contributed by atoms with van der Waals surface area (Å²) in [6, 6.07) is 7.17. The standard InChI is InChI=1S/C9H8N2O2/c1-13-11-6-10-9(12)7-4-2-3-5-8(7)11/h2-6H,1H3. The van der Waals surface area contributed by atoms with Gasteiger partial charge in [0.1, 0.15) is 13.4 Å². The number of para-hydroxylation sites is 1. The predicted molar refractivity (Wildman–Crippen MR) is 48.5 cm³/mol. The monoisotopic (exact) mass is 176 g/mol. The minimum Gasteiger partial charge on any atom is -0.416 e. The Morgan fingerprint density at radius 2 is 2.15 bits per heavy atom. The second-order valence-electron chi connectivity index (χ2n) is 2.58. The number of rotatable bonds is 1. The van der Waals surface area contributed by atoms with Gasteiger partial charge in [-0.3, -0.25) is 4.79 Å². The highest BCUT2D eigenvalue weighted by molar-refractivity contribution is 5.77. The number of nitrogens with zero attached hydrogens (tertiary/aromatic N) is 2. The van der Waals surface area contributed by atoms with E-state index in [4.69, 9.17) is 4.84 Å². The van der Waals surface area contributed by atoms with Crippen molar-refractivity contribution in [3.05, 3.63) is 40.9 Å². The first-order valence-electron chi connectivity index (χ1n) is 3.84. The van der Waals surface area contributed by atoms with Crippen LogP contribution in [0.3, 0.4) is 0 Å². The fourth-order valence-corrected chi connectivity index (χ4v) is 1.23. The average Bonchev–Trinajstić information content (AvgIpc) is 2.19. The Labute approximate surface area is 74.4 Å². The fraction of sp³-hybridized carbons (Fsp3) is 0.111. The lowest BCUT2D eigenvalue weighted by Gasteiger charge is -2.05. The Hall–Kier alpha value is -1.84. The lowest BCUT2D eigenvalue weighted by Crippen LogP contribution is -2.15. The first kappa shape index (κ1) is 7.79. The van der Waals surface area contributed by atoms with Gasteiger partial charge in [-0.25, -0.2) is 0 Å². The summed E-state index contributed by atoms with van der Waals surface area (Å²) >= 11 is 0. The first-order chi connectivity index (χ1) is 6.33. The van der Waals surface area contributed by atoms with E-state index in [-0.39, 0.29) is 5.56 Å². The van der Waals surface area contributed by atoms with Gasteiger partial charge in [0, 0.05) is 0 Å². The van der Waals surface area contributed by atoms with E-state index >= 15 is 0 Å². The van der Waals surface area contributed by atoms with E-state index in [9.17, 15) is 4.79 Å². The van der Waals surface area contributed by atoms with E-state index in [0.717, 1.165) is 5.52 Å².